The van der Waals surface area contributed by atoms with Gasteiger partial charge in [0.1, 0.15) is 10.7 Å². The SMILES string of the molecule is Cc1nn(-c2ccc(F)cc2)c(C)c1S(=O)(=O)N1CCc2ccccc2C1. The van der Waals surface area contributed by atoms with Crippen LogP contribution in [0.4, 0.5) is 4.39 Å². The van der Waals surface area contributed by atoms with Crippen molar-refractivity contribution < 1.29 is 12.8 Å². The van der Waals surface area contributed by atoms with Crippen LogP contribution in [0.15, 0.2) is 53.4 Å². The number of benzene rings is 2. The van der Waals surface area contributed by atoms with Crippen LogP contribution in [-0.2, 0) is 23.0 Å². The first-order valence-corrected chi connectivity index (χ1v) is 10.2. The Balaban J connectivity index is 1.74. The number of sulfonamides is 1. The summed E-state index contributed by atoms with van der Waals surface area (Å²) in [5.74, 6) is -0.347. The van der Waals surface area contributed by atoms with Crippen molar-refractivity contribution in [2.45, 2.75) is 31.7 Å². The maximum Gasteiger partial charge on any atom is 0.247 e. The third-order valence-electron chi connectivity index (χ3n) is 4.99. The summed E-state index contributed by atoms with van der Waals surface area (Å²) in [6.07, 6.45) is 0.694. The molecule has 1 aromatic heterocycles. The van der Waals surface area contributed by atoms with Crippen LogP contribution in [0.1, 0.15) is 22.5 Å². The average molecular weight is 385 g/mol. The third kappa shape index (κ3) is 3.07. The first-order valence-electron chi connectivity index (χ1n) is 8.77. The molecule has 140 valence electrons. The molecule has 0 amide bonds. The Morgan fingerprint density at radius 3 is 2.37 bits per heavy atom. The Labute approximate surface area is 158 Å². The summed E-state index contributed by atoms with van der Waals surface area (Å²) in [5.41, 5.74) is 3.82. The molecule has 0 spiro atoms. The van der Waals surface area contributed by atoms with Gasteiger partial charge in [-0.15, -0.1) is 0 Å². The topological polar surface area (TPSA) is 55.2 Å². The number of fused-ring (bicyclic) bond motifs is 1. The highest BCUT2D eigenvalue weighted by Crippen LogP contribution is 2.29. The zero-order valence-electron chi connectivity index (χ0n) is 15.2. The Morgan fingerprint density at radius 1 is 1.00 bits per heavy atom. The number of hydrogen-bond donors (Lipinski definition) is 0. The molecule has 2 aromatic carbocycles. The van der Waals surface area contributed by atoms with Gasteiger partial charge in [-0.2, -0.15) is 9.40 Å². The second kappa shape index (κ2) is 6.58. The second-order valence-electron chi connectivity index (χ2n) is 6.75. The minimum atomic E-state index is -3.69. The zero-order valence-corrected chi connectivity index (χ0v) is 16.0. The van der Waals surface area contributed by atoms with E-state index in [1.54, 1.807) is 30.7 Å². The lowest BCUT2D eigenvalue weighted by Crippen LogP contribution is -2.36. The molecule has 0 radical (unpaired) electrons. The summed E-state index contributed by atoms with van der Waals surface area (Å²) in [6.45, 7) is 4.23. The van der Waals surface area contributed by atoms with Crippen molar-refractivity contribution in [3.63, 3.8) is 0 Å². The number of rotatable bonds is 3. The highest BCUT2D eigenvalue weighted by atomic mass is 32.2. The fourth-order valence-corrected chi connectivity index (χ4v) is 5.41. The van der Waals surface area contributed by atoms with Gasteiger partial charge in [0, 0.05) is 13.1 Å². The van der Waals surface area contributed by atoms with Gasteiger partial charge in [0.2, 0.25) is 10.0 Å². The number of aryl methyl sites for hydroxylation is 1. The summed E-state index contributed by atoms with van der Waals surface area (Å²) >= 11 is 0. The molecule has 1 aliphatic heterocycles. The monoisotopic (exact) mass is 385 g/mol. The summed E-state index contributed by atoms with van der Waals surface area (Å²) in [6, 6.07) is 13.8. The van der Waals surface area contributed by atoms with Crippen LogP contribution in [-0.4, -0.2) is 29.0 Å². The molecule has 7 heteroatoms. The van der Waals surface area contributed by atoms with E-state index < -0.39 is 10.0 Å². The van der Waals surface area contributed by atoms with Crippen LogP contribution >= 0.6 is 0 Å². The second-order valence-corrected chi connectivity index (χ2v) is 8.62. The quantitative estimate of drug-likeness (QED) is 0.695. The van der Waals surface area contributed by atoms with E-state index in [9.17, 15) is 12.8 Å². The van der Waals surface area contributed by atoms with Gasteiger partial charge in [-0.05, 0) is 55.7 Å². The van der Waals surface area contributed by atoms with E-state index in [4.69, 9.17) is 0 Å². The fraction of sp³-hybridized carbons (Fsp3) is 0.250. The molecule has 0 saturated carbocycles. The van der Waals surface area contributed by atoms with Crippen molar-refractivity contribution in [3.05, 3.63) is 76.9 Å². The van der Waals surface area contributed by atoms with Gasteiger partial charge in [-0.1, -0.05) is 24.3 Å². The van der Waals surface area contributed by atoms with Crippen LogP contribution in [0.25, 0.3) is 5.69 Å². The summed E-state index contributed by atoms with van der Waals surface area (Å²) < 4.78 is 43.0. The fourth-order valence-electron chi connectivity index (χ4n) is 3.64. The maximum absolute atomic E-state index is 13.4. The predicted molar refractivity (Wildman–Crippen MR) is 101 cm³/mol. The van der Waals surface area contributed by atoms with Crippen molar-refractivity contribution in [1.29, 1.82) is 0 Å². The summed E-state index contributed by atoms with van der Waals surface area (Å²) in [4.78, 5) is 0.228. The molecular formula is C20H20FN3O2S. The minimum Gasteiger partial charge on any atom is -0.236 e. The van der Waals surface area contributed by atoms with Crippen LogP contribution in [0.2, 0.25) is 0 Å². The molecule has 0 atom stereocenters. The van der Waals surface area contributed by atoms with Gasteiger partial charge in [0.25, 0.3) is 0 Å². The van der Waals surface area contributed by atoms with E-state index in [1.807, 2.05) is 24.3 Å². The van der Waals surface area contributed by atoms with Crippen molar-refractivity contribution in [3.8, 4) is 5.69 Å². The predicted octanol–water partition coefficient (Wildman–Crippen LogP) is 3.38. The molecule has 1 aliphatic rings. The molecule has 27 heavy (non-hydrogen) atoms. The van der Waals surface area contributed by atoms with Gasteiger partial charge in [0.15, 0.2) is 0 Å². The van der Waals surface area contributed by atoms with Gasteiger partial charge in [-0.3, -0.25) is 0 Å². The van der Waals surface area contributed by atoms with E-state index >= 15 is 0 Å². The molecule has 0 aliphatic carbocycles. The molecule has 0 saturated heterocycles. The van der Waals surface area contributed by atoms with E-state index in [-0.39, 0.29) is 10.7 Å². The third-order valence-corrected chi connectivity index (χ3v) is 7.09. The van der Waals surface area contributed by atoms with Gasteiger partial charge < -0.3 is 0 Å². The van der Waals surface area contributed by atoms with Crippen molar-refractivity contribution in [2.24, 2.45) is 0 Å². The Kier molecular flexibility index (Phi) is 4.36. The average Bonchev–Trinajstić information content (AvgIpc) is 2.96. The Hall–Kier alpha value is -2.51. The number of aromatic nitrogens is 2. The molecular weight excluding hydrogens is 365 g/mol. The lowest BCUT2D eigenvalue weighted by atomic mass is 10.0. The van der Waals surface area contributed by atoms with Crippen LogP contribution in [0.3, 0.4) is 0 Å². The molecule has 3 aromatic rings. The maximum atomic E-state index is 13.4. The highest BCUT2D eigenvalue weighted by Gasteiger charge is 2.33. The normalized spacial score (nSPS) is 14.9. The van der Waals surface area contributed by atoms with E-state index in [0.29, 0.717) is 36.6 Å². The summed E-state index contributed by atoms with van der Waals surface area (Å²) in [7, 11) is -3.69. The van der Waals surface area contributed by atoms with Crippen molar-refractivity contribution in [2.75, 3.05) is 6.54 Å². The van der Waals surface area contributed by atoms with Crippen molar-refractivity contribution in [1.82, 2.24) is 14.1 Å². The first kappa shape index (κ1) is 17.9. The smallest absolute Gasteiger partial charge is 0.236 e. The molecule has 0 bridgehead atoms. The van der Waals surface area contributed by atoms with Crippen LogP contribution < -0.4 is 0 Å². The molecule has 4 rings (SSSR count). The largest absolute Gasteiger partial charge is 0.247 e. The van der Waals surface area contributed by atoms with E-state index in [2.05, 4.69) is 5.10 Å². The Morgan fingerprint density at radius 2 is 1.67 bits per heavy atom. The first-order chi connectivity index (χ1) is 12.9. The lowest BCUT2D eigenvalue weighted by molar-refractivity contribution is 0.391. The van der Waals surface area contributed by atoms with Crippen LogP contribution in [0, 0.1) is 19.7 Å². The molecule has 2 heterocycles. The molecule has 5 nitrogen and oxygen atoms in total. The van der Waals surface area contributed by atoms with E-state index in [0.717, 1.165) is 5.56 Å². The number of nitrogens with zero attached hydrogens (tertiary/aromatic N) is 3. The Bertz CT molecular complexity index is 1100. The minimum absolute atomic E-state index is 0.228. The molecule has 0 unspecified atom stereocenters. The van der Waals surface area contributed by atoms with Crippen molar-refractivity contribution >= 4 is 10.0 Å². The highest BCUT2D eigenvalue weighted by molar-refractivity contribution is 7.89. The summed E-state index contributed by atoms with van der Waals surface area (Å²) in [5, 5.41) is 4.40. The zero-order chi connectivity index (χ0) is 19.2. The van der Waals surface area contributed by atoms with E-state index in [1.165, 1.54) is 22.0 Å². The van der Waals surface area contributed by atoms with Gasteiger partial charge in [0.05, 0.1) is 17.1 Å². The van der Waals surface area contributed by atoms with Crippen LogP contribution in [0.5, 0.6) is 0 Å². The lowest BCUT2D eigenvalue weighted by Gasteiger charge is -2.28. The van der Waals surface area contributed by atoms with Gasteiger partial charge >= 0.3 is 0 Å². The number of hydrogen-bond acceptors (Lipinski definition) is 3. The standard InChI is InChI=1S/C20H20FN3O2S/c1-14-20(15(2)24(22-14)19-9-7-18(21)8-10-19)27(25,26)23-12-11-16-5-3-4-6-17(16)13-23/h3-10H,11-13H2,1-2H3. The number of halogens is 1. The van der Waals surface area contributed by atoms with Gasteiger partial charge in [-0.25, -0.2) is 17.5 Å². The molecule has 0 N–H and O–H groups in total. The molecule has 0 fully saturated rings.